The highest BCUT2D eigenvalue weighted by Gasteiger charge is 2.20. The van der Waals surface area contributed by atoms with E-state index in [-0.39, 0.29) is 5.78 Å². The van der Waals surface area contributed by atoms with E-state index in [1.807, 2.05) is 18.2 Å². The first-order valence-corrected chi connectivity index (χ1v) is 7.67. The summed E-state index contributed by atoms with van der Waals surface area (Å²) in [5, 5.41) is 4.94. The summed E-state index contributed by atoms with van der Waals surface area (Å²) in [7, 11) is 0. The van der Waals surface area contributed by atoms with Crippen LogP contribution in [0.15, 0.2) is 47.7 Å². The lowest BCUT2D eigenvalue weighted by Gasteiger charge is -2.11. The zero-order valence-corrected chi connectivity index (χ0v) is 13.2. The van der Waals surface area contributed by atoms with Gasteiger partial charge in [-0.05, 0) is 23.8 Å². The average Bonchev–Trinajstić information content (AvgIpc) is 2.96. The molecule has 0 saturated carbocycles. The van der Waals surface area contributed by atoms with Crippen molar-refractivity contribution in [3.63, 3.8) is 0 Å². The van der Waals surface area contributed by atoms with Crippen molar-refractivity contribution in [2.24, 2.45) is 4.99 Å². The summed E-state index contributed by atoms with van der Waals surface area (Å²) < 4.78 is 1.54. The van der Waals surface area contributed by atoms with Crippen LogP contribution >= 0.6 is 11.6 Å². The number of nitrogens with two attached hydrogens (primary N) is 1. The highest BCUT2D eigenvalue weighted by Crippen LogP contribution is 2.32. The van der Waals surface area contributed by atoms with Gasteiger partial charge in [-0.15, -0.1) is 5.10 Å². The second kappa shape index (κ2) is 5.58. The summed E-state index contributed by atoms with van der Waals surface area (Å²) in [4.78, 5) is 20.6. The molecule has 0 unspecified atom stereocenters. The molecule has 1 aliphatic heterocycles. The number of Topliss-reactive ketones (excluding diaryl/α,β-unsaturated/α-hetero) is 1. The Morgan fingerprint density at radius 3 is 2.92 bits per heavy atom. The third kappa shape index (κ3) is 2.37. The number of carbonyl (C=O) groups excluding carboxylic acids is 1. The first-order chi connectivity index (χ1) is 11.6. The highest BCUT2D eigenvalue weighted by molar-refractivity contribution is 6.30. The van der Waals surface area contributed by atoms with Crippen LogP contribution in [0.3, 0.4) is 0 Å². The Morgan fingerprint density at radius 1 is 1.21 bits per heavy atom. The number of aliphatic imine (C=N–C) groups is 1. The molecule has 0 radical (unpaired) electrons. The molecule has 0 spiro atoms. The van der Waals surface area contributed by atoms with Crippen LogP contribution in [-0.4, -0.2) is 26.8 Å². The number of halogens is 1. The van der Waals surface area contributed by atoms with Gasteiger partial charge >= 0.3 is 0 Å². The van der Waals surface area contributed by atoms with Gasteiger partial charge in [-0.25, -0.2) is 9.67 Å². The molecule has 0 amide bonds. The van der Waals surface area contributed by atoms with Crippen LogP contribution in [0.5, 0.6) is 0 Å². The molecule has 1 aliphatic rings. The molecular weight excluding hydrogens is 326 g/mol. The van der Waals surface area contributed by atoms with Crippen molar-refractivity contribution in [1.82, 2.24) is 14.8 Å². The summed E-state index contributed by atoms with van der Waals surface area (Å²) in [5.74, 6) is 0.832. The quantitative estimate of drug-likeness (QED) is 0.775. The maximum Gasteiger partial charge on any atom is 0.180 e. The number of fused-ring (bicyclic) bond motifs is 1. The second-order valence-electron chi connectivity index (χ2n) is 5.35. The van der Waals surface area contributed by atoms with Crippen molar-refractivity contribution >= 4 is 35.1 Å². The van der Waals surface area contributed by atoms with Gasteiger partial charge in [0.05, 0.1) is 0 Å². The summed E-state index contributed by atoms with van der Waals surface area (Å²) in [6.45, 7) is 0. The fourth-order valence-corrected chi connectivity index (χ4v) is 2.86. The van der Waals surface area contributed by atoms with E-state index in [9.17, 15) is 4.79 Å². The SMILES string of the molecule is Nc1nn(-c2nccc3c2N=CCC3=O)cc1-c1cccc(Cl)c1. The minimum Gasteiger partial charge on any atom is -0.382 e. The number of nitrogens with zero attached hydrogens (tertiary/aromatic N) is 4. The van der Waals surface area contributed by atoms with Gasteiger partial charge in [0.15, 0.2) is 17.4 Å². The van der Waals surface area contributed by atoms with Crippen molar-refractivity contribution < 1.29 is 4.79 Å². The standard InChI is InChI=1S/C17H12ClN5O/c18-11-3-1-2-10(8-11)13-9-23(22-16(13)19)17-15-12(4-6-21-17)14(24)5-7-20-15/h1-4,6-9H,5H2,(H2,19,22). The smallest absolute Gasteiger partial charge is 0.180 e. The van der Waals surface area contributed by atoms with Crippen LogP contribution < -0.4 is 5.73 Å². The molecule has 0 saturated heterocycles. The Kier molecular flexibility index (Phi) is 3.39. The summed E-state index contributed by atoms with van der Waals surface area (Å²) in [6, 6.07) is 9.03. The molecule has 0 atom stereocenters. The first-order valence-electron chi connectivity index (χ1n) is 7.29. The van der Waals surface area contributed by atoms with Gasteiger partial charge in [0.1, 0.15) is 5.69 Å². The largest absolute Gasteiger partial charge is 0.382 e. The molecular formula is C17H12ClN5O. The molecule has 0 fully saturated rings. The molecule has 1 aromatic carbocycles. The Balaban J connectivity index is 1.86. The maximum absolute atomic E-state index is 12.0. The fraction of sp³-hybridized carbons (Fsp3) is 0.0588. The van der Waals surface area contributed by atoms with Gasteiger partial charge in [0, 0.05) is 41.2 Å². The molecule has 0 bridgehead atoms. The van der Waals surface area contributed by atoms with E-state index in [1.54, 1.807) is 35.4 Å². The number of hydrogen-bond acceptors (Lipinski definition) is 5. The zero-order chi connectivity index (χ0) is 16.7. The molecule has 7 heteroatoms. The van der Waals surface area contributed by atoms with E-state index in [0.29, 0.717) is 34.3 Å². The molecule has 3 aromatic rings. The number of benzene rings is 1. The summed E-state index contributed by atoms with van der Waals surface area (Å²) >= 11 is 6.04. The molecule has 3 heterocycles. The van der Waals surface area contributed by atoms with Crippen LogP contribution in [-0.2, 0) is 0 Å². The Hall–Kier alpha value is -2.99. The van der Waals surface area contributed by atoms with Crippen LogP contribution in [0, 0.1) is 0 Å². The van der Waals surface area contributed by atoms with Gasteiger partial charge in [0.25, 0.3) is 0 Å². The minimum atomic E-state index is 0.0128. The fourth-order valence-electron chi connectivity index (χ4n) is 2.67. The Morgan fingerprint density at radius 2 is 2.08 bits per heavy atom. The lowest BCUT2D eigenvalue weighted by Crippen LogP contribution is -2.09. The number of anilines is 1. The number of ketones is 1. The Labute approximate surface area is 142 Å². The lowest BCUT2D eigenvalue weighted by atomic mass is 10.1. The van der Waals surface area contributed by atoms with Crippen molar-refractivity contribution in [1.29, 1.82) is 0 Å². The number of aromatic nitrogens is 3. The lowest BCUT2D eigenvalue weighted by molar-refractivity contribution is 0.100. The van der Waals surface area contributed by atoms with Crippen molar-refractivity contribution in [2.75, 3.05) is 5.73 Å². The number of hydrogen-bond donors (Lipinski definition) is 1. The van der Waals surface area contributed by atoms with Gasteiger partial charge in [-0.2, -0.15) is 0 Å². The van der Waals surface area contributed by atoms with E-state index in [1.165, 1.54) is 0 Å². The molecule has 24 heavy (non-hydrogen) atoms. The number of rotatable bonds is 2. The van der Waals surface area contributed by atoms with Gasteiger partial charge in [-0.3, -0.25) is 9.79 Å². The predicted molar refractivity (Wildman–Crippen MR) is 93.3 cm³/mol. The third-order valence-electron chi connectivity index (χ3n) is 3.80. The molecule has 2 N–H and O–H groups in total. The number of carbonyl (C=O) groups is 1. The van der Waals surface area contributed by atoms with E-state index < -0.39 is 0 Å². The summed E-state index contributed by atoms with van der Waals surface area (Å²) in [6.07, 6.45) is 5.22. The van der Waals surface area contributed by atoms with Crippen molar-refractivity contribution in [3.05, 3.63) is 53.3 Å². The molecule has 6 nitrogen and oxygen atoms in total. The normalized spacial score (nSPS) is 13.1. The van der Waals surface area contributed by atoms with E-state index >= 15 is 0 Å². The van der Waals surface area contributed by atoms with Gasteiger partial charge < -0.3 is 5.73 Å². The minimum absolute atomic E-state index is 0.0128. The van der Waals surface area contributed by atoms with Crippen LogP contribution in [0.1, 0.15) is 16.8 Å². The molecule has 0 aliphatic carbocycles. The van der Waals surface area contributed by atoms with E-state index in [0.717, 1.165) is 11.1 Å². The second-order valence-corrected chi connectivity index (χ2v) is 5.79. The van der Waals surface area contributed by atoms with Crippen molar-refractivity contribution in [2.45, 2.75) is 6.42 Å². The number of pyridine rings is 1. The highest BCUT2D eigenvalue weighted by atomic mass is 35.5. The van der Waals surface area contributed by atoms with E-state index in [2.05, 4.69) is 15.1 Å². The van der Waals surface area contributed by atoms with Gasteiger partial charge in [-0.1, -0.05) is 23.7 Å². The maximum atomic E-state index is 12.0. The zero-order valence-electron chi connectivity index (χ0n) is 12.5. The van der Waals surface area contributed by atoms with Crippen LogP contribution in [0.25, 0.3) is 16.9 Å². The van der Waals surface area contributed by atoms with Crippen LogP contribution in [0.2, 0.25) is 5.02 Å². The van der Waals surface area contributed by atoms with Gasteiger partial charge in [0.2, 0.25) is 0 Å². The van der Waals surface area contributed by atoms with E-state index in [4.69, 9.17) is 17.3 Å². The molecule has 118 valence electrons. The van der Waals surface area contributed by atoms with Crippen LogP contribution in [0.4, 0.5) is 11.5 Å². The third-order valence-corrected chi connectivity index (χ3v) is 4.03. The first kappa shape index (κ1) is 14.6. The molecule has 4 rings (SSSR count). The Bertz CT molecular complexity index is 992. The predicted octanol–water partition coefficient (Wildman–Crippen LogP) is 3.46. The summed E-state index contributed by atoms with van der Waals surface area (Å²) in [5.41, 5.74) is 8.70. The molecule has 2 aromatic heterocycles. The number of nitrogen functional groups attached to an aromatic ring is 1. The topological polar surface area (TPSA) is 86.2 Å². The monoisotopic (exact) mass is 337 g/mol. The average molecular weight is 338 g/mol. The van der Waals surface area contributed by atoms with Crippen molar-refractivity contribution in [3.8, 4) is 16.9 Å².